The molecule has 2 rings (SSSR count). The topological polar surface area (TPSA) is 64.6 Å². The molecule has 23 heavy (non-hydrogen) atoms. The molecule has 1 heterocycles. The maximum absolute atomic E-state index is 11.7. The first kappa shape index (κ1) is 17.3. The molecule has 122 valence electrons. The second-order valence-corrected chi connectivity index (χ2v) is 6.01. The van der Waals surface area contributed by atoms with Gasteiger partial charge in [0.2, 0.25) is 0 Å². The number of carbonyl (C=O) groups is 2. The summed E-state index contributed by atoms with van der Waals surface area (Å²) in [5.41, 5.74) is 0.844. The minimum atomic E-state index is -0.481. The van der Waals surface area contributed by atoms with Crippen molar-refractivity contribution < 1.29 is 19.1 Å². The van der Waals surface area contributed by atoms with Crippen LogP contribution < -0.4 is 10.1 Å². The second kappa shape index (κ2) is 8.55. The molecule has 7 heteroatoms. The number of ether oxygens (including phenoxy) is 2. The smallest absolute Gasteiger partial charge is 0.349 e. The molecule has 1 aromatic carbocycles. The number of thiophene rings is 1. The van der Waals surface area contributed by atoms with Crippen molar-refractivity contribution in [3.05, 3.63) is 51.2 Å². The van der Waals surface area contributed by atoms with Gasteiger partial charge < -0.3 is 14.8 Å². The van der Waals surface area contributed by atoms with Gasteiger partial charge in [0.1, 0.15) is 17.2 Å². The number of carbonyl (C=O) groups excluding carboxylic acids is 2. The number of esters is 1. The molecule has 0 aliphatic rings. The van der Waals surface area contributed by atoms with Crippen molar-refractivity contribution >= 4 is 34.8 Å². The molecule has 1 N–H and O–H groups in total. The first-order chi connectivity index (χ1) is 11.1. The lowest BCUT2D eigenvalue weighted by atomic mass is 10.3. The van der Waals surface area contributed by atoms with Gasteiger partial charge in [-0.2, -0.15) is 0 Å². The fraction of sp³-hybridized carbons (Fsp3) is 0.250. The lowest BCUT2D eigenvalue weighted by Crippen LogP contribution is -2.32. The highest BCUT2D eigenvalue weighted by Crippen LogP contribution is 2.16. The van der Waals surface area contributed by atoms with Gasteiger partial charge in [-0.15, -0.1) is 11.3 Å². The number of halogens is 1. The summed E-state index contributed by atoms with van der Waals surface area (Å²) in [6.45, 7) is 2.14. The molecule has 1 amide bonds. The molecule has 0 atom stereocenters. The molecular weight excluding hydrogens is 338 g/mol. The molecular formula is C16H16ClNO4S. The van der Waals surface area contributed by atoms with Crippen molar-refractivity contribution in [2.75, 3.05) is 19.8 Å². The van der Waals surface area contributed by atoms with Gasteiger partial charge in [0.25, 0.3) is 5.91 Å². The fourth-order valence-electron chi connectivity index (χ4n) is 1.72. The van der Waals surface area contributed by atoms with Crippen LogP contribution in [0.3, 0.4) is 0 Å². The molecule has 0 aliphatic heterocycles. The maximum Gasteiger partial charge on any atom is 0.349 e. The van der Waals surface area contributed by atoms with E-state index in [1.54, 1.807) is 29.6 Å². The standard InChI is InChI=1S/C16H16ClNO4S/c1-11-6-9-23-15(11)16(20)22-10-14(19)18-7-8-21-13-4-2-12(17)3-5-13/h2-6,9H,7-8,10H2,1H3,(H,18,19). The Labute approximate surface area is 143 Å². The van der Waals surface area contributed by atoms with Crippen molar-refractivity contribution in [3.63, 3.8) is 0 Å². The lowest BCUT2D eigenvalue weighted by Gasteiger charge is -2.08. The van der Waals surface area contributed by atoms with Gasteiger partial charge in [0, 0.05) is 5.02 Å². The molecule has 1 aromatic heterocycles. The molecule has 0 saturated heterocycles. The second-order valence-electron chi connectivity index (χ2n) is 4.66. The third-order valence-electron chi connectivity index (χ3n) is 2.89. The number of nitrogens with one attached hydrogen (secondary N) is 1. The summed E-state index contributed by atoms with van der Waals surface area (Å²) in [5.74, 6) is -0.180. The van der Waals surface area contributed by atoms with E-state index in [2.05, 4.69) is 5.32 Å². The SMILES string of the molecule is Cc1ccsc1C(=O)OCC(=O)NCCOc1ccc(Cl)cc1. The Bertz CT molecular complexity index is 669. The van der Waals surface area contributed by atoms with Crippen LogP contribution >= 0.6 is 22.9 Å². The molecule has 0 bridgehead atoms. The van der Waals surface area contributed by atoms with E-state index in [9.17, 15) is 9.59 Å². The van der Waals surface area contributed by atoms with Crippen LogP contribution in [0, 0.1) is 6.92 Å². The Morgan fingerprint density at radius 3 is 2.61 bits per heavy atom. The zero-order valence-corrected chi connectivity index (χ0v) is 14.1. The summed E-state index contributed by atoms with van der Waals surface area (Å²) >= 11 is 7.06. The summed E-state index contributed by atoms with van der Waals surface area (Å²) in [6, 6.07) is 8.77. The molecule has 0 spiro atoms. The summed E-state index contributed by atoms with van der Waals surface area (Å²) in [4.78, 5) is 23.9. The van der Waals surface area contributed by atoms with Gasteiger partial charge >= 0.3 is 5.97 Å². The van der Waals surface area contributed by atoms with E-state index in [4.69, 9.17) is 21.1 Å². The summed E-state index contributed by atoms with van der Waals surface area (Å²) in [5, 5.41) is 5.05. The number of hydrogen-bond acceptors (Lipinski definition) is 5. The van der Waals surface area contributed by atoms with Crippen LogP contribution in [0.5, 0.6) is 5.75 Å². The van der Waals surface area contributed by atoms with Crippen molar-refractivity contribution in [2.24, 2.45) is 0 Å². The molecule has 0 saturated carbocycles. The van der Waals surface area contributed by atoms with Crippen molar-refractivity contribution in [1.29, 1.82) is 0 Å². The van der Waals surface area contributed by atoms with E-state index < -0.39 is 5.97 Å². The van der Waals surface area contributed by atoms with Crippen LogP contribution in [0.4, 0.5) is 0 Å². The van der Waals surface area contributed by atoms with E-state index >= 15 is 0 Å². The van der Waals surface area contributed by atoms with Crippen LogP contribution in [0.25, 0.3) is 0 Å². The molecule has 0 aliphatic carbocycles. The van der Waals surface area contributed by atoms with Crippen LogP contribution in [0.15, 0.2) is 35.7 Å². The van der Waals surface area contributed by atoms with Gasteiger partial charge in [-0.25, -0.2) is 4.79 Å². The average Bonchev–Trinajstić information content (AvgIpc) is 2.97. The van der Waals surface area contributed by atoms with Gasteiger partial charge in [-0.1, -0.05) is 11.6 Å². The fourth-order valence-corrected chi connectivity index (χ4v) is 2.66. The number of aryl methyl sites for hydroxylation is 1. The zero-order valence-electron chi connectivity index (χ0n) is 12.5. The van der Waals surface area contributed by atoms with E-state index in [0.29, 0.717) is 28.8 Å². The lowest BCUT2D eigenvalue weighted by molar-refractivity contribution is -0.124. The molecule has 5 nitrogen and oxygen atoms in total. The summed E-state index contributed by atoms with van der Waals surface area (Å²) < 4.78 is 10.4. The predicted molar refractivity (Wildman–Crippen MR) is 89.3 cm³/mol. The minimum absolute atomic E-state index is 0.308. The highest BCUT2D eigenvalue weighted by molar-refractivity contribution is 7.12. The van der Waals surface area contributed by atoms with E-state index in [1.165, 1.54) is 11.3 Å². The third kappa shape index (κ3) is 5.58. The Morgan fingerprint density at radius 2 is 1.96 bits per heavy atom. The number of rotatable bonds is 7. The van der Waals surface area contributed by atoms with Crippen LogP contribution in [0.1, 0.15) is 15.2 Å². The number of hydrogen-bond donors (Lipinski definition) is 1. The largest absolute Gasteiger partial charge is 0.492 e. The average molecular weight is 354 g/mol. The summed E-state index contributed by atoms with van der Waals surface area (Å²) in [6.07, 6.45) is 0. The highest BCUT2D eigenvalue weighted by atomic mass is 35.5. The van der Waals surface area contributed by atoms with Gasteiger partial charge in [-0.05, 0) is 48.2 Å². The first-order valence-corrected chi connectivity index (χ1v) is 8.18. The number of benzene rings is 1. The normalized spacial score (nSPS) is 10.2. The monoisotopic (exact) mass is 353 g/mol. The van der Waals surface area contributed by atoms with Crippen molar-refractivity contribution in [3.8, 4) is 5.75 Å². The predicted octanol–water partition coefficient (Wildman–Crippen LogP) is 3.06. The Kier molecular flexibility index (Phi) is 6.43. The summed E-state index contributed by atoms with van der Waals surface area (Å²) in [7, 11) is 0. The van der Waals surface area contributed by atoms with Gasteiger partial charge in [-0.3, -0.25) is 4.79 Å². The third-order valence-corrected chi connectivity index (χ3v) is 4.14. The Morgan fingerprint density at radius 1 is 1.22 bits per heavy atom. The number of amides is 1. The highest BCUT2D eigenvalue weighted by Gasteiger charge is 2.13. The van der Waals surface area contributed by atoms with Crippen molar-refractivity contribution in [1.82, 2.24) is 5.32 Å². The minimum Gasteiger partial charge on any atom is -0.492 e. The molecule has 0 fully saturated rings. The Hall–Kier alpha value is -2.05. The van der Waals surface area contributed by atoms with E-state index in [1.807, 2.05) is 13.0 Å². The molecule has 0 radical (unpaired) electrons. The van der Waals surface area contributed by atoms with Crippen molar-refractivity contribution in [2.45, 2.75) is 6.92 Å². The van der Waals surface area contributed by atoms with Gasteiger partial charge in [0.05, 0.1) is 6.54 Å². The Balaban J connectivity index is 1.62. The van der Waals surface area contributed by atoms with Crippen LogP contribution in [-0.4, -0.2) is 31.6 Å². The van der Waals surface area contributed by atoms with E-state index in [0.717, 1.165) is 5.56 Å². The van der Waals surface area contributed by atoms with Crippen LogP contribution in [-0.2, 0) is 9.53 Å². The van der Waals surface area contributed by atoms with Crippen LogP contribution in [0.2, 0.25) is 5.02 Å². The quantitative estimate of drug-likeness (QED) is 0.613. The van der Waals surface area contributed by atoms with E-state index in [-0.39, 0.29) is 12.5 Å². The molecule has 2 aromatic rings. The first-order valence-electron chi connectivity index (χ1n) is 6.92. The van der Waals surface area contributed by atoms with Gasteiger partial charge in [0.15, 0.2) is 6.61 Å². The maximum atomic E-state index is 11.7. The molecule has 0 unspecified atom stereocenters. The zero-order chi connectivity index (χ0) is 16.7.